The van der Waals surface area contributed by atoms with Crippen LogP contribution < -0.4 is 10.0 Å². The number of halogens is 1. The highest BCUT2D eigenvalue weighted by Crippen LogP contribution is 2.23. The SMILES string of the molecule is O=C1NCC(CNS(=O)(=O)Cc2ccc(F)cc2)c2ccccc21. The van der Waals surface area contributed by atoms with Crippen molar-refractivity contribution in [1.82, 2.24) is 10.0 Å². The fourth-order valence-electron chi connectivity index (χ4n) is 2.74. The summed E-state index contributed by atoms with van der Waals surface area (Å²) in [4.78, 5) is 11.8. The largest absolute Gasteiger partial charge is 0.351 e. The molecule has 2 aromatic carbocycles. The van der Waals surface area contributed by atoms with E-state index >= 15 is 0 Å². The molecule has 126 valence electrons. The highest BCUT2D eigenvalue weighted by molar-refractivity contribution is 7.88. The first-order valence-electron chi connectivity index (χ1n) is 7.53. The van der Waals surface area contributed by atoms with E-state index in [4.69, 9.17) is 0 Å². The van der Waals surface area contributed by atoms with E-state index in [9.17, 15) is 17.6 Å². The molecule has 1 aliphatic rings. The van der Waals surface area contributed by atoms with Gasteiger partial charge in [-0.25, -0.2) is 17.5 Å². The highest BCUT2D eigenvalue weighted by atomic mass is 32.2. The third kappa shape index (κ3) is 3.80. The molecular weight excluding hydrogens is 331 g/mol. The van der Waals surface area contributed by atoms with Crippen LogP contribution in [0, 0.1) is 5.82 Å². The van der Waals surface area contributed by atoms with Crippen LogP contribution in [0.3, 0.4) is 0 Å². The van der Waals surface area contributed by atoms with Crippen LogP contribution in [0.4, 0.5) is 4.39 Å². The van der Waals surface area contributed by atoms with Crippen molar-refractivity contribution in [2.24, 2.45) is 0 Å². The lowest BCUT2D eigenvalue weighted by Gasteiger charge is -2.25. The third-order valence-corrected chi connectivity index (χ3v) is 5.29. The monoisotopic (exact) mass is 348 g/mol. The maximum atomic E-state index is 12.9. The second-order valence-electron chi connectivity index (χ2n) is 5.73. The Bertz CT molecular complexity index is 850. The van der Waals surface area contributed by atoms with E-state index in [-0.39, 0.29) is 24.1 Å². The molecule has 1 heterocycles. The van der Waals surface area contributed by atoms with Gasteiger partial charge in [-0.15, -0.1) is 0 Å². The molecule has 0 aliphatic carbocycles. The van der Waals surface area contributed by atoms with Crippen molar-refractivity contribution in [2.45, 2.75) is 11.7 Å². The smallest absolute Gasteiger partial charge is 0.251 e. The average Bonchev–Trinajstić information content (AvgIpc) is 2.56. The standard InChI is InChI=1S/C17H17FN2O3S/c18-14-7-5-12(6-8-14)11-24(22,23)20-10-13-9-19-17(21)16-4-2-1-3-15(13)16/h1-8,13,20H,9-11H2,(H,19,21). The molecule has 0 aromatic heterocycles. The van der Waals surface area contributed by atoms with Gasteiger partial charge in [0.15, 0.2) is 0 Å². The van der Waals surface area contributed by atoms with Crippen LogP contribution in [0.25, 0.3) is 0 Å². The number of rotatable bonds is 5. The van der Waals surface area contributed by atoms with Gasteiger partial charge < -0.3 is 5.32 Å². The van der Waals surface area contributed by atoms with E-state index in [0.29, 0.717) is 17.7 Å². The zero-order chi connectivity index (χ0) is 17.2. The number of hydrogen-bond donors (Lipinski definition) is 2. The molecular formula is C17H17FN2O3S. The van der Waals surface area contributed by atoms with Gasteiger partial charge in [0.25, 0.3) is 5.91 Å². The second kappa shape index (κ2) is 6.70. The van der Waals surface area contributed by atoms with Crippen molar-refractivity contribution in [1.29, 1.82) is 0 Å². The Morgan fingerprint density at radius 1 is 1.12 bits per heavy atom. The molecule has 0 radical (unpaired) electrons. The summed E-state index contributed by atoms with van der Waals surface area (Å²) in [6.07, 6.45) is 0. The Balaban J connectivity index is 1.68. The zero-order valence-electron chi connectivity index (χ0n) is 12.8. The first-order chi connectivity index (χ1) is 11.4. The van der Waals surface area contributed by atoms with Crippen LogP contribution in [-0.2, 0) is 15.8 Å². The van der Waals surface area contributed by atoms with Gasteiger partial charge in [0.05, 0.1) is 5.75 Å². The van der Waals surface area contributed by atoms with Crippen LogP contribution in [0.2, 0.25) is 0 Å². The topological polar surface area (TPSA) is 75.3 Å². The number of carbonyl (C=O) groups excluding carboxylic acids is 1. The molecule has 0 bridgehead atoms. The van der Waals surface area contributed by atoms with Crippen molar-refractivity contribution in [3.63, 3.8) is 0 Å². The number of sulfonamides is 1. The summed E-state index contributed by atoms with van der Waals surface area (Å²) < 4.78 is 39.9. The molecule has 1 unspecified atom stereocenters. The van der Waals surface area contributed by atoms with Crippen molar-refractivity contribution >= 4 is 15.9 Å². The number of benzene rings is 2. The zero-order valence-corrected chi connectivity index (χ0v) is 13.6. The molecule has 24 heavy (non-hydrogen) atoms. The van der Waals surface area contributed by atoms with Crippen LogP contribution in [0.15, 0.2) is 48.5 Å². The number of fused-ring (bicyclic) bond motifs is 1. The normalized spacial score (nSPS) is 17.2. The third-order valence-electron chi connectivity index (χ3n) is 3.97. The van der Waals surface area contributed by atoms with Gasteiger partial charge >= 0.3 is 0 Å². The molecule has 0 spiro atoms. The van der Waals surface area contributed by atoms with Gasteiger partial charge in [0.2, 0.25) is 10.0 Å². The lowest BCUT2D eigenvalue weighted by atomic mass is 9.91. The van der Waals surface area contributed by atoms with E-state index in [2.05, 4.69) is 10.0 Å². The quantitative estimate of drug-likeness (QED) is 0.865. The van der Waals surface area contributed by atoms with Gasteiger partial charge in [0.1, 0.15) is 5.82 Å². The Hall–Kier alpha value is -2.25. The molecule has 1 atom stereocenters. The van der Waals surface area contributed by atoms with Crippen molar-refractivity contribution < 1.29 is 17.6 Å². The molecule has 0 fully saturated rings. The Morgan fingerprint density at radius 2 is 1.83 bits per heavy atom. The lowest BCUT2D eigenvalue weighted by Crippen LogP contribution is -2.40. The maximum absolute atomic E-state index is 12.9. The average molecular weight is 348 g/mol. The molecule has 0 saturated carbocycles. The summed E-state index contributed by atoms with van der Waals surface area (Å²) in [7, 11) is -3.55. The molecule has 1 amide bonds. The minimum Gasteiger partial charge on any atom is -0.351 e. The van der Waals surface area contributed by atoms with Gasteiger partial charge in [-0.3, -0.25) is 4.79 Å². The molecule has 7 heteroatoms. The molecule has 0 saturated heterocycles. The molecule has 3 rings (SSSR count). The van der Waals surface area contributed by atoms with Crippen molar-refractivity contribution in [3.8, 4) is 0 Å². The van der Waals surface area contributed by atoms with E-state index in [1.54, 1.807) is 12.1 Å². The number of carbonyl (C=O) groups is 1. The van der Waals surface area contributed by atoms with E-state index in [1.807, 2.05) is 12.1 Å². The number of hydrogen-bond acceptors (Lipinski definition) is 3. The first kappa shape index (κ1) is 16.6. The summed E-state index contributed by atoms with van der Waals surface area (Å²) in [5, 5.41) is 2.77. The van der Waals surface area contributed by atoms with Crippen LogP contribution in [-0.4, -0.2) is 27.4 Å². The molecule has 2 aromatic rings. The lowest BCUT2D eigenvalue weighted by molar-refractivity contribution is 0.0940. The Kier molecular flexibility index (Phi) is 4.64. The van der Waals surface area contributed by atoms with Gasteiger partial charge in [-0.1, -0.05) is 30.3 Å². The van der Waals surface area contributed by atoms with E-state index < -0.39 is 15.8 Å². The predicted octanol–water partition coefficient (Wildman–Crippen LogP) is 1.77. The second-order valence-corrected chi connectivity index (χ2v) is 7.54. The van der Waals surface area contributed by atoms with Crippen LogP contribution in [0.5, 0.6) is 0 Å². The summed E-state index contributed by atoms with van der Waals surface area (Å²) in [6, 6.07) is 12.5. The van der Waals surface area contributed by atoms with Gasteiger partial charge in [0, 0.05) is 24.6 Å². The first-order valence-corrected chi connectivity index (χ1v) is 9.19. The van der Waals surface area contributed by atoms with E-state index in [1.165, 1.54) is 24.3 Å². The van der Waals surface area contributed by atoms with E-state index in [0.717, 1.165) is 5.56 Å². The molecule has 2 N–H and O–H groups in total. The molecule has 5 nitrogen and oxygen atoms in total. The summed E-state index contributed by atoms with van der Waals surface area (Å²) in [6.45, 7) is 0.579. The Labute approximate surface area is 139 Å². The predicted molar refractivity (Wildman–Crippen MR) is 88.5 cm³/mol. The fourth-order valence-corrected chi connectivity index (χ4v) is 3.93. The van der Waals surface area contributed by atoms with Gasteiger partial charge in [-0.05, 0) is 29.3 Å². The minimum atomic E-state index is -3.55. The van der Waals surface area contributed by atoms with Crippen LogP contribution >= 0.6 is 0 Å². The highest BCUT2D eigenvalue weighted by Gasteiger charge is 2.25. The summed E-state index contributed by atoms with van der Waals surface area (Å²) >= 11 is 0. The number of nitrogens with one attached hydrogen (secondary N) is 2. The summed E-state index contributed by atoms with van der Waals surface area (Å²) in [5.74, 6) is -0.884. The van der Waals surface area contributed by atoms with Crippen LogP contribution in [0.1, 0.15) is 27.4 Å². The van der Waals surface area contributed by atoms with Crippen molar-refractivity contribution in [3.05, 3.63) is 71.0 Å². The van der Waals surface area contributed by atoms with Gasteiger partial charge in [-0.2, -0.15) is 0 Å². The Morgan fingerprint density at radius 3 is 2.58 bits per heavy atom. The number of amides is 1. The van der Waals surface area contributed by atoms with Crippen molar-refractivity contribution in [2.75, 3.05) is 13.1 Å². The fraction of sp³-hybridized carbons (Fsp3) is 0.235. The molecule has 1 aliphatic heterocycles. The minimum absolute atomic E-state index is 0.123. The maximum Gasteiger partial charge on any atom is 0.251 e. The summed E-state index contributed by atoms with van der Waals surface area (Å²) in [5.41, 5.74) is 1.93.